The SMILES string of the molecule is CC(Cl)c1cncc(F)c1. The number of halogens is 2. The molecular formula is C7H7ClFN. The predicted molar refractivity (Wildman–Crippen MR) is 38.5 cm³/mol. The van der Waals surface area contributed by atoms with Crippen molar-refractivity contribution in [2.45, 2.75) is 12.3 Å². The van der Waals surface area contributed by atoms with E-state index in [1.54, 1.807) is 13.1 Å². The summed E-state index contributed by atoms with van der Waals surface area (Å²) in [6, 6.07) is 1.38. The van der Waals surface area contributed by atoms with Gasteiger partial charge >= 0.3 is 0 Å². The third kappa shape index (κ3) is 1.67. The van der Waals surface area contributed by atoms with Crippen LogP contribution in [0.1, 0.15) is 17.9 Å². The molecule has 0 aromatic carbocycles. The number of hydrogen-bond acceptors (Lipinski definition) is 1. The summed E-state index contributed by atoms with van der Waals surface area (Å²) in [7, 11) is 0. The van der Waals surface area contributed by atoms with Gasteiger partial charge in [0.2, 0.25) is 0 Å². The van der Waals surface area contributed by atoms with Gasteiger partial charge in [0.1, 0.15) is 5.82 Å². The molecule has 1 aromatic rings. The normalized spacial score (nSPS) is 13.1. The van der Waals surface area contributed by atoms with Crippen LogP contribution in [0.15, 0.2) is 18.5 Å². The van der Waals surface area contributed by atoms with Crippen molar-refractivity contribution < 1.29 is 4.39 Å². The maximum Gasteiger partial charge on any atom is 0.141 e. The van der Waals surface area contributed by atoms with Gasteiger partial charge in [0.25, 0.3) is 0 Å². The number of hydrogen-bond donors (Lipinski definition) is 0. The second kappa shape index (κ2) is 2.97. The van der Waals surface area contributed by atoms with E-state index in [0.29, 0.717) is 5.56 Å². The fourth-order valence-corrected chi connectivity index (χ4v) is 0.765. The Labute approximate surface area is 63.8 Å². The molecular weight excluding hydrogens is 153 g/mol. The maximum absolute atomic E-state index is 12.4. The standard InChI is InChI=1S/C7H7ClFN/c1-5(8)6-2-7(9)4-10-3-6/h2-5H,1H3. The minimum atomic E-state index is -0.343. The largest absolute Gasteiger partial charge is 0.261 e. The Balaban J connectivity index is 2.96. The van der Waals surface area contributed by atoms with Gasteiger partial charge in [-0.25, -0.2) is 4.39 Å². The second-order valence-corrected chi connectivity index (χ2v) is 2.71. The van der Waals surface area contributed by atoms with Gasteiger partial charge in [-0.1, -0.05) is 0 Å². The smallest absolute Gasteiger partial charge is 0.141 e. The summed E-state index contributed by atoms with van der Waals surface area (Å²) < 4.78 is 12.4. The first kappa shape index (κ1) is 7.48. The molecule has 0 aliphatic rings. The van der Waals surface area contributed by atoms with E-state index in [9.17, 15) is 4.39 Å². The first-order chi connectivity index (χ1) is 4.70. The van der Waals surface area contributed by atoms with Gasteiger partial charge < -0.3 is 0 Å². The van der Waals surface area contributed by atoms with Crippen LogP contribution in [0.5, 0.6) is 0 Å². The zero-order chi connectivity index (χ0) is 7.56. The minimum absolute atomic E-state index is 0.178. The lowest BCUT2D eigenvalue weighted by atomic mass is 10.2. The molecule has 54 valence electrons. The van der Waals surface area contributed by atoms with Crippen LogP contribution in [0.25, 0.3) is 0 Å². The highest BCUT2D eigenvalue weighted by atomic mass is 35.5. The van der Waals surface area contributed by atoms with Crippen LogP contribution in [-0.4, -0.2) is 4.98 Å². The number of aromatic nitrogens is 1. The van der Waals surface area contributed by atoms with E-state index in [-0.39, 0.29) is 11.2 Å². The Morgan fingerprint density at radius 1 is 1.60 bits per heavy atom. The molecule has 0 N–H and O–H groups in total. The maximum atomic E-state index is 12.4. The van der Waals surface area contributed by atoms with Crippen molar-refractivity contribution in [3.63, 3.8) is 0 Å². The fraction of sp³-hybridized carbons (Fsp3) is 0.286. The zero-order valence-corrected chi connectivity index (χ0v) is 6.27. The Hall–Kier alpha value is -0.630. The topological polar surface area (TPSA) is 12.9 Å². The van der Waals surface area contributed by atoms with Crippen molar-refractivity contribution in [3.05, 3.63) is 29.8 Å². The lowest BCUT2D eigenvalue weighted by Gasteiger charge is -2.00. The van der Waals surface area contributed by atoms with E-state index < -0.39 is 0 Å². The van der Waals surface area contributed by atoms with Gasteiger partial charge in [-0.3, -0.25) is 4.98 Å². The number of rotatable bonds is 1. The summed E-state index contributed by atoms with van der Waals surface area (Å²) in [5.41, 5.74) is 0.710. The molecule has 0 saturated heterocycles. The summed E-state index contributed by atoms with van der Waals surface area (Å²) in [5, 5.41) is -0.178. The first-order valence-corrected chi connectivity index (χ1v) is 3.38. The molecule has 1 atom stereocenters. The Morgan fingerprint density at radius 2 is 2.30 bits per heavy atom. The lowest BCUT2D eigenvalue weighted by molar-refractivity contribution is 0.618. The summed E-state index contributed by atoms with van der Waals surface area (Å²) in [6.45, 7) is 1.78. The summed E-state index contributed by atoms with van der Waals surface area (Å²) in [4.78, 5) is 3.65. The average molecular weight is 160 g/mol. The Morgan fingerprint density at radius 3 is 2.70 bits per heavy atom. The molecule has 1 aromatic heterocycles. The van der Waals surface area contributed by atoms with E-state index in [2.05, 4.69) is 4.98 Å². The van der Waals surface area contributed by atoms with Crippen molar-refractivity contribution in [2.75, 3.05) is 0 Å². The van der Waals surface area contributed by atoms with Crippen molar-refractivity contribution in [1.82, 2.24) is 4.98 Å². The van der Waals surface area contributed by atoms with Gasteiger partial charge in [0.15, 0.2) is 0 Å². The quantitative estimate of drug-likeness (QED) is 0.574. The zero-order valence-electron chi connectivity index (χ0n) is 5.51. The van der Waals surface area contributed by atoms with Crippen LogP contribution < -0.4 is 0 Å². The van der Waals surface area contributed by atoms with Crippen LogP contribution in [0.3, 0.4) is 0 Å². The number of alkyl halides is 1. The molecule has 0 fully saturated rings. The molecule has 1 nitrogen and oxygen atoms in total. The molecule has 0 aliphatic heterocycles. The summed E-state index contributed by atoms with van der Waals surface area (Å²) >= 11 is 5.67. The molecule has 0 spiro atoms. The molecule has 1 heterocycles. The monoisotopic (exact) mass is 159 g/mol. The first-order valence-electron chi connectivity index (χ1n) is 2.94. The summed E-state index contributed by atoms with van der Waals surface area (Å²) in [6.07, 6.45) is 2.71. The fourth-order valence-electron chi connectivity index (χ4n) is 0.646. The predicted octanol–water partition coefficient (Wildman–Crippen LogP) is 2.52. The van der Waals surface area contributed by atoms with E-state index in [0.717, 1.165) is 6.20 Å². The molecule has 0 amide bonds. The molecule has 3 heteroatoms. The third-order valence-corrected chi connectivity index (χ3v) is 1.44. The van der Waals surface area contributed by atoms with Crippen LogP contribution in [-0.2, 0) is 0 Å². The highest BCUT2D eigenvalue weighted by Gasteiger charge is 2.01. The molecule has 10 heavy (non-hydrogen) atoms. The van der Waals surface area contributed by atoms with Crippen LogP contribution in [0.2, 0.25) is 0 Å². The molecule has 0 bridgehead atoms. The van der Waals surface area contributed by atoms with E-state index in [1.165, 1.54) is 6.07 Å². The lowest BCUT2D eigenvalue weighted by Crippen LogP contribution is -1.87. The number of pyridine rings is 1. The molecule has 0 saturated carbocycles. The minimum Gasteiger partial charge on any atom is -0.261 e. The average Bonchev–Trinajstić information content (AvgIpc) is 1.88. The van der Waals surface area contributed by atoms with E-state index >= 15 is 0 Å². The van der Waals surface area contributed by atoms with E-state index in [1.807, 2.05) is 0 Å². The van der Waals surface area contributed by atoms with Crippen molar-refractivity contribution in [2.24, 2.45) is 0 Å². The highest BCUT2D eigenvalue weighted by molar-refractivity contribution is 6.20. The molecule has 0 radical (unpaired) electrons. The van der Waals surface area contributed by atoms with Crippen molar-refractivity contribution >= 4 is 11.6 Å². The van der Waals surface area contributed by atoms with Crippen molar-refractivity contribution in [1.29, 1.82) is 0 Å². The summed E-state index contributed by atoms with van der Waals surface area (Å²) in [5.74, 6) is -0.343. The van der Waals surface area contributed by atoms with Gasteiger partial charge in [-0.05, 0) is 18.6 Å². The van der Waals surface area contributed by atoms with Crippen LogP contribution >= 0.6 is 11.6 Å². The van der Waals surface area contributed by atoms with Gasteiger partial charge in [0, 0.05) is 6.20 Å². The molecule has 1 unspecified atom stereocenters. The molecule has 1 rings (SSSR count). The van der Waals surface area contributed by atoms with Gasteiger partial charge in [-0.2, -0.15) is 0 Å². The van der Waals surface area contributed by atoms with Crippen molar-refractivity contribution in [3.8, 4) is 0 Å². The van der Waals surface area contributed by atoms with Gasteiger partial charge in [-0.15, -0.1) is 11.6 Å². The molecule has 0 aliphatic carbocycles. The van der Waals surface area contributed by atoms with Crippen LogP contribution in [0, 0.1) is 5.82 Å². The third-order valence-electron chi connectivity index (χ3n) is 1.19. The highest BCUT2D eigenvalue weighted by Crippen LogP contribution is 2.17. The van der Waals surface area contributed by atoms with E-state index in [4.69, 9.17) is 11.6 Å². The van der Waals surface area contributed by atoms with Gasteiger partial charge in [0.05, 0.1) is 11.6 Å². The second-order valence-electron chi connectivity index (χ2n) is 2.05. The Kier molecular flexibility index (Phi) is 2.22. The Bertz CT molecular complexity index is 225. The number of nitrogens with zero attached hydrogens (tertiary/aromatic N) is 1. The van der Waals surface area contributed by atoms with Crippen LogP contribution in [0.4, 0.5) is 4.39 Å².